The molecule has 0 rings (SSSR count). The predicted molar refractivity (Wildman–Crippen MR) is 69.1 cm³/mol. The first-order chi connectivity index (χ1) is 7.16. The summed E-state index contributed by atoms with van der Waals surface area (Å²) in [6, 6.07) is 0. The van der Waals surface area contributed by atoms with Crippen molar-refractivity contribution in [1.82, 2.24) is 9.80 Å². The third-order valence-electron chi connectivity index (χ3n) is 2.01. The molecule has 0 aromatic carbocycles. The van der Waals surface area contributed by atoms with Crippen LogP contribution in [-0.2, 0) is 0 Å². The summed E-state index contributed by atoms with van der Waals surface area (Å²) in [5.74, 6) is 0. The first-order valence-electron chi connectivity index (χ1n) is 5.44. The highest BCUT2D eigenvalue weighted by Crippen LogP contribution is 1.86. The molecule has 0 saturated carbocycles. The maximum absolute atomic E-state index is 2.31. The fourth-order valence-corrected chi connectivity index (χ4v) is 1.02. The second-order valence-electron chi connectivity index (χ2n) is 3.90. The SMILES string of the molecule is C\C=C/C=C\C=C\CN(C)CCN(C)C. The zero-order valence-corrected chi connectivity index (χ0v) is 10.5. The smallest absolute Gasteiger partial charge is 0.0163 e. The molecular formula is C13H24N2. The lowest BCUT2D eigenvalue weighted by atomic mass is 10.4. The molecular weight excluding hydrogens is 184 g/mol. The third-order valence-corrected chi connectivity index (χ3v) is 2.01. The molecule has 0 aromatic rings. The Morgan fingerprint density at radius 1 is 0.867 bits per heavy atom. The van der Waals surface area contributed by atoms with Crippen molar-refractivity contribution in [3.8, 4) is 0 Å². The van der Waals surface area contributed by atoms with Crippen LogP contribution >= 0.6 is 0 Å². The van der Waals surface area contributed by atoms with Gasteiger partial charge in [-0.1, -0.05) is 36.5 Å². The number of nitrogens with zero attached hydrogens (tertiary/aromatic N) is 2. The average Bonchev–Trinajstić information content (AvgIpc) is 2.20. The second-order valence-corrected chi connectivity index (χ2v) is 3.90. The molecule has 0 fully saturated rings. The molecule has 0 amide bonds. The van der Waals surface area contributed by atoms with Gasteiger partial charge in [-0.25, -0.2) is 0 Å². The second kappa shape index (κ2) is 9.69. The van der Waals surface area contributed by atoms with Gasteiger partial charge in [-0.15, -0.1) is 0 Å². The lowest BCUT2D eigenvalue weighted by molar-refractivity contribution is 0.302. The van der Waals surface area contributed by atoms with Crippen molar-refractivity contribution in [2.45, 2.75) is 6.92 Å². The molecule has 0 radical (unpaired) electrons. The molecule has 0 heterocycles. The van der Waals surface area contributed by atoms with Gasteiger partial charge in [0.1, 0.15) is 0 Å². The highest BCUT2D eigenvalue weighted by molar-refractivity contribution is 5.10. The van der Waals surface area contributed by atoms with E-state index < -0.39 is 0 Å². The van der Waals surface area contributed by atoms with E-state index in [1.165, 1.54) is 0 Å². The summed E-state index contributed by atoms with van der Waals surface area (Å²) in [6.45, 7) is 5.24. The van der Waals surface area contributed by atoms with Crippen LogP contribution in [0.2, 0.25) is 0 Å². The van der Waals surface area contributed by atoms with Gasteiger partial charge in [0.2, 0.25) is 0 Å². The van der Waals surface area contributed by atoms with E-state index in [1.54, 1.807) is 0 Å². The lowest BCUT2D eigenvalue weighted by Crippen LogP contribution is -2.28. The van der Waals surface area contributed by atoms with Crippen molar-refractivity contribution in [1.29, 1.82) is 0 Å². The molecule has 15 heavy (non-hydrogen) atoms. The number of hydrogen-bond donors (Lipinski definition) is 0. The quantitative estimate of drug-likeness (QED) is 0.592. The minimum absolute atomic E-state index is 1.01. The molecule has 0 unspecified atom stereocenters. The van der Waals surface area contributed by atoms with Gasteiger partial charge in [0, 0.05) is 19.6 Å². The molecule has 86 valence electrons. The average molecular weight is 208 g/mol. The normalized spacial score (nSPS) is 13.2. The van der Waals surface area contributed by atoms with Gasteiger partial charge < -0.3 is 9.80 Å². The van der Waals surface area contributed by atoms with Gasteiger partial charge in [-0.05, 0) is 28.1 Å². The maximum Gasteiger partial charge on any atom is 0.0163 e. The van der Waals surface area contributed by atoms with Crippen LogP contribution in [0.25, 0.3) is 0 Å². The molecule has 0 aromatic heterocycles. The summed E-state index contributed by atoms with van der Waals surface area (Å²) in [5, 5.41) is 0. The predicted octanol–water partition coefficient (Wildman–Crippen LogP) is 2.17. The van der Waals surface area contributed by atoms with E-state index >= 15 is 0 Å². The minimum atomic E-state index is 1.01. The summed E-state index contributed by atoms with van der Waals surface area (Å²) in [6.07, 6.45) is 12.4. The lowest BCUT2D eigenvalue weighted by Gasteiger charge is -2.17. The van der Waals surface area contributed by atoms with Crippen LogP contribution < -0.4 is 0 Å². The van der Waals surface area contributed by atoms with Gasteiger partial charge in [-0.2, -0.15) is 0 Å². The molecule has 0 aliphatic rings. The van der Waals surface area contributed by atoms with Crippen LogP contribution in [0.4, 0.5) is 0 Å². The van der Waals surface area contributed by atoms with Gasteiger partial charge >= 0.3 is 0 Å². The Labute approximate surface area is 94.6 Å². The van der Waals surface area contributed by atoms with Crippen molar-refractivity contribution in [2.75, 3.05) is 40.8 Å². The number of allylic oxidation sites excluding steroid dienone is 5. The summed E-state index contributed by atoms with van der Waals surface area (Å²) in [4.78, 5) is 4.51. The zero-order chi connectivity index (χ0) is 11.5. The fraction of sp³-hybridized carbons (Fsp3) is 0.538. The van der Waals surface area contributed by atoms with Crippen LogP contribution in [0.15, 0.2) is 36.5 Å². The standard InChI is InChI=1S/C13H24N2/c1-5-6-7-8-9-10-11-15(4)13-12-14(2)3/h5-10H,11-13H2,1-4H3/b6-5-,8-7-,10-9+. The molecule has 0 aliphatic heterocycles. The highest BCUT2D eigenvalue weighted by atomic mass is 15.1. The zero-order valence-electron chi connectivity index (χ0n) is 10.5. The fourth-order valence-electron chi connectivity index (χ4n) is 1.02. The summed E-state index contributed by atoms with van der Waals surface area (Å²) < 4.78 is 0. The van der Waals surface area contributed by atoms with E-state index in [9.17, 15) is 0 Å². The van der Waals surface area contributed by atoms with Crippen LogP contribution in [0.3, 0.4) is 0 Å². The summed E-state index contributed by atoms with van der Waals surface area (Å²) >= 11 is 0. The van der Waals surface area contributed by atoms with Crippen molar-refractivity contribution in [3.05, 3.63) is 36.5 Å². The van der Waals surface area contributed by atoms with E-state index in [2.05, 4.69) is 49.2 Å². The van der Waals surface area contributed by atoms with Gasteiger partial charge in [-0.3, -0.25) is 0 Å². The third kappa shape index (κ3) is 11.1. The minimum Gasteiger partial charge on any atom is -0.308 e. The Bertz CT molecular complexity index is 215. The first kappa shape index (κ1) is 14.1. The summed E-state index contributed by atoms with van der Waals surface area (Å²) in [7, 11) is 6.34. The number of rotatable bonds is 7. The number of hydrogen-bond acceptors (Lipinski definition) is 2. The summed E-state index contributed by atoms with van der Waals surface area (Å²) in [5.41, 5.74) is 0. The van der Waals surface area contributed by atoms with Crippen LogP contribution in [0.5, 0.6) is 0 Å². The van der Waals surface area contributed by atoms with Gasteiger partial charge in [0.15, 0.2) is 0 Å². The van der Waals surface area contributed by atoms with Crippen molar-refractivity contribution < 1.29 is 0 Å². The monoisotopic (exact) mass is 208 g/mol. The van der Waals surface area contributed by atoms with Crippen LogP contribution in [0.1, 0.15) is 6.92 Å². The Hall–Kier alpha value is -0.860. The van der Waals surface area contributed by atoms with Crippen molar-refractivity contribution in [3.63, 3.8) is 0 Å². The van der Waals surface area contributed by atoms with E-state index in [4.69, 9.17) is 0 Å². The number of likely N-dealkylation sites (N-methyl/N-ethyl adjacent to an activating group) is 2. The van der Waals surface area contributed by atoms with Crippen LogP contribution in [0, 0.1) is 0 Å². The molecule has 0 saturated heterocycles. The Morgan fingerprint density at radius 3 is 2.13 bits per heavy atom. The molecule has 0 aliphatic carbocycles. The molecule has 2 heteroatoms. The van der Waals surface area contributed by atoms with Crippen molar-refractivity contribution >= 4 is 0 Å². The Kier molecular flexibility index (Phi) is 9.13. The van der Waals surface area contributed by atoms with E-state index in [0.717, 1.165) is 19.6 Å². The maximum atomic E-state index is 2.31. The molecule has 0 spiro atoms. The molecule has 0 N–H and O–H groups in total. The Balaban J connectivity index is 3.56. The topological polar surface area (TPSA) is 6.48 Å². The molecule has 2 nitrogen and oxygen atoms in total. The highest BCUT2D eigenvalue weighted by Gasteiger charge is 1.95. The van der Waals surface area contributed by atoms with E-state index in [1.807, 2.05) is 25.2 Å². The van der Waals surface area contributed by atoms with Gasteiger partial charge in [0.05, 0.1) is 0 Å². The Morgan fingerprint density at radius 2 is 1.53 bits per heavy atom. The van der Waals surface area contributed by atoms with Crippen molar-refractivity contribution in [2.24, 2.45) is 0 Å². The molecule has 0 atom stereocenters. The first-order valence-corrected chi connectivity index (χ1v) is 5.44. The largest absolute Gasteiger partial charge is 0.308 e. The van der Waals surface area contributed by atoms with E-state index in [-0.39, 0.29) is 0 Å². The van der Waals surface area contributed by atoms with Crippen LogP contribution in [-0.4, -0.2) is 50.6 Å². The molecule has 0 bridgehead atoms. The van der Waals surface area contributed by atoms with Gasteiger partial charge in [0.25, 0.3) is 0 Å². The van der Waals surface area contributed by atoms with E-state index in [0.29, 0.717) is 0 Å².